The van der Waals surface area contributed by atoms with Gasteiger partial charge in [-0.3, -0.25) is 4.79 Å². The monoisotopic (exact) mass is 280 g/mol. The molecule has 1 N–H and O–H groups in total. The van der Waals surface area contributed by atoms with E-state index in [4.69, 9.17) is 11.6 Å². The van der Waals surface area contributed by atoms with Gasteiger partial charge >= 0.3 is 0 Å². The van der Waals surface area contributed by atoms with Crippen molar-refractivity contribution >= 4 is 34.7 Å². The van der Waals surface area contributed by atoms with E-state index in [0.29, 0.717) is 16.4 Å². The molecule has 0 aromatic carbocycles. The summed E-state index contributed by atoms with van der Waals surface area (Å²) in [6.07, 6.45) is 3.65. The number of aryl methyl sites for hydroxylation is 1. The Kier molecular flexibility index (Phi) is 4.33. The maximum atomic E-state index is 12.0. The number of nitrogens with zero attached hydrogens (tertiary/aromatic N) is 1. The number of carbonyl (C=O) groups excluding carboxylic acids is 1. The van der Waals surface area contributed by atoms with E-state index in [1.54, 1.807) is 29.7 Å². The highest BCUT2D eigenvalue weighted by Crippen LogP contribution is 2.18. The first kappa shape index (κ1) is 13.1. The first-order chi connectivity index (χ1) is 8.69. The zero-order chi connectivity index (χ0) is 13.0. The van der Waals surface area contributed by atoms with Crippen LogP contribution in [0.1, 0.15) is 28.6 Å². The molecule has 0 saturated carbocycles. The van der Waals surface area contributed by atoms with Crippen molar-refractivity contribution in [3.05, 3.63) is 45.2 Å². The van der Waals surface area contributed by atoms with Crippen LogP contribution in [0.5, 0.6) is 0 Å². The smallest absolute Gasteiger partial charge is 0.257 e. The Bertz CT molecular complexity index is 553. The Hall–Kier alpha value is -1.39. The molecule has 1 amide bonds. The largest absolute Gasteiger partial charge is 0.306 e. The third kappa shape index (κ3) is 3.31. The summed E-state index contributed by atoms with van der Waals surface area (Å²) >= 11 is 7.44. The lowest BCUT2D eigenvalue weighted by atomic mass is 10.2. The van der Waals surface area contributed by atoms with Gasteiger partial charge in [-0.15, -0.1) is 11.3 Å². The quantitative estimate of drug-likeness (QED) is 0.920. The van der Waals surface area contributed by atoms with E-state index in [2.05, 4.69) is 17.2 Å². The van der Waals surface area contributed by atoms with Crippen LogP contribution in [0.2, 0.25) is 5.02 Å². The fourth-order valence-corrected chi connectivity index (χ4v) is 2.67. The molecule has 0 fully saturated rings. The van der Waals surface area contributed by atoms with Gasteiger partial charge in [-0.1, -0.05) is 24.9 Å². The highest BCUT2D eigenvalue weighted by Gasteiger charge is 2.09. The summed E-state index contributed by atoms with van der Waals surface area (Å²) in [4.78, 5) is 17.2. The van der Waals surface area contributed by atoms with E-state index in [0.717, 1.165) is 12.8 Å². The molecule has 18 heavy (non-hydrogen) atoms. The molecule has 2 aromatic rings. The topological polar surface area (TPSA) is 42.0 Å². The Morgan fingerprint density at radius 1 is 1.50 bits per heavy atom. The molecule has 3 nitrogen and oxygen atoms in total. The fourth-order valence-electron chi connectivity index (χ4n) is 1.54. The van der Waals surface area contributed by atoms with Gasteiger partial charge in [0.2, 0.25) is 0 Å². The van der Waals surface area contributed by atoms with Gasteiger partial charge in [0.1, 0.15) is 5.82 Å². The first-order valence-electron chi connectivity index (χ1n) is 5.69. The van der Waals surface area contributed by atoms with Crippen molar-refractivity contribution in [3.63, 3.8) is 0 Å². The van der Waals surface area contributed by atoms with Crippen LogP contribution >= 0.6 is 22.9 Å². The van der Waals surface area contributed by atoms with Crippen molar-refractivity contribution in [3.8, 4) is 0 Å². The van der Waals surface area contributed by atoms with Crippen LogP contribution in [-0.4, -0.2) is 10.9 Å². The van der Waals surface area contributed by atoms with Gasteiger partial charge in [0, 0.05) is 21.5 Å². The lowest BCUT2D eigenvalue weighted by molar-refractivity contribution is 0.102. The molecular weight excluding hydrogens is 268 g/mol. The Morgan fingerprint density at radius 2 is 2.33 bits per heavy atom. The van der Waals surface area contributed by atoms with E-state index in [1.165, 1.54) is 4.88 Å². The number of anilines is 1. The molecule has 0 radical (unpaired) electrons. The van der Waals surface area contributed by atoms with Crippen LogP contribution in [-0.2, 0) is 6.42 Å². The summed E-state index contributed by atoms with van der Waals surface area (Å²) < 4.78 is 0. The SMILES string of the molecule is CCCc1cc(C(=O)Nc2cc(Cl)ccn2)cs1. The van der Waals surface area contributed by atoms with Crippen molar-refractivity contribution < 1.29 is 4.79 Å². The number of rotatable bonds is 4. The Labute approximate surface area is 115 Å². The molecule has 0 atom stereocenters. The number of halogens is 1. The fraction of sp³-hybridized carbons (Fsp3) is 0.231. The highest BCUT2D eigenvalue weighted by atomic mass is 35.5. The second-order valence-electron chi connectivity index (χ2n) is 3.87. The Morgan fingerprint density at radius 3 is 3.06 bits per heavy atom. The van der Waals surface area contributed by atoms with E-state index < -0.39 is 0 Å². The number of pyridine rings is 1. The summed E-state index contributed by atoms with van der Waals surface area (Å²) in [6.45, 7) is 2.12. The van der Waals surface area contributed by atoms with Gasteiger partial charge < -0.3 is 5.32 Å². The predicted molar refractivity (Wildman–Crippen MR) is 75.5 cm³/mol. The van der Waals surface area contributed by atoms with Crippen LogP contribution in [0.25, 0.3) is 0 Å². The maximum Gasteiger partial charge on any atom is 0.257 e. The zero-order valence-electron chi connectivity index (χ0n) is 9.94. The van der Waals surface area contributed by atoms with Gasteiger partial charge in [0.05, 0.1) is 5.56 Å². The molecule has 2 rings (SSSR count). The van der Waals surface area contributed by atoms with Crippen LogP contribution in [0.15, 0.2) is 29.8 Å². The molecule has 94 valence electrons. The van der Waals surface area contributed by atoms with Crippen molar-refractivity contribution in [2.24, 2.45) is 0 Å². The number of thiophene rings is 1. The molecule has 0 aliphatic rings. The van der Waals surface area contributed by atoms with Gasteiger partial charge in [-0.05, 0) is 24.6 Å². The summed E-state index contributed by atoms with van der Waals surface area (Å²) in [5, 5.41) is 5.15. The van der Waals surface area contributed by atoms with Crippen molar-refractivity contribution in [2.75, 3.05) is 5.32 Å². The van der Waals surface area contributed by atoms with E-state index >= 15 is 0 Å². The average Bonchev–Trinajstić information content (AvgIpc) is 2.78. The minimum Gasteiger partial charge on any atom is -0.306 e. The van der Waals surface area contributed by atoms with E-state index in [9.17, 15) is 4.79 Å². The summed E-state index contributed by atoms with van der Waals surface area (Å²) in [5.74, 6) is 0.319. The first-order valence-corrected chi connectivity index (χ1v) is 6.95. The van der Waals surface area contributed by atoms with E-state index in [1.807, 2.05) is 11.4 Å². The molecule has 0 unspecified atom stereocenters. The highest BCUT2D eigenvalue weighted by molar-refractivity contribution is 7.10. The number of nitrogens with one attached hydrogen (secondary N) is 1. The molecule has 2 aromatic heterocycles. The molecule has 0 spiro atoms. The van der Waals surface area contributed by atoms with Crippen LogP contribution < -0.4 is 5.32 Å². The number of aromatic nitrogens is 1. The third-order valence-corrected chi connectivity index (χ3v) is 3.61. The van der Waals surface area contributed by atoms with E-state index in [-0.39, 0.29) is 5.91 Å². The summed E-state index contributed by atoms with van der Waals surface area (Å²) in [7, 11) is 0. The number of hydrogen-bond donors (Lipinski definition) is 1. The van der Waals surface area contributed by atoms with Gasteiger partial charge in [-0.2, -0.15) is 0 Å². The molecule has 0 aliphatic heterocycles. The zero-order valence-corrected chi connectivity index (χ0v) is 11.5. The molecule has 0 saturated heterocycles. The van der Waals surface area contributed by atoms with Crippen molar-refractivity contribution in [2.45, 2.75) is 19.8 Å². The lowest BCUT2D eigenvalue weighted by Crippen LogP contribution is -2.11. The van der Waals surface area contributed by atoms with Crippen molar-refractivity contribution in [1.82, 2.24) is 4.98 Å². The van der Waals surface area contributed by atoms with Crippen molar-refractivity contribution in [1.29, 1.82) is 0 Å². The van der Waals surface area contributed by atoms with Gasteiger partial charge in [-0.25, -0.2) is 4.98 Å². The number of carbonyl (C=O) groups is 1. The average molecular weight is 281 g/mol. The molecule has 5 heteroatoms. The number of hydrogen-bond acceptors (Lipinski definition) is 3. The van der Waals surface area contributed by atoms with Crippen LogP contribution in [0, 0.1) is 0 Å². The summed E-state index contributed by atoms with van der Waals surface area (Å²) in [6, 6.07) is 5.22. The molecule has 0 bridgehead atoms. The van der Waals surface area contributed by atoms with Crippen LogP contribution in [0.4, 0.5) is 5.82 Å². The Balaban J connectivity index is 2.07. The minimum absolute atomic E-state index is 0.150. The standard InChI is InChI=1S/C13H13ClN2OS/c1-2-3-11-6-9(8-18-11)13(17)16-12-7-10(14)4-5-15-12/h4-8H,2-3H2,1H3,(H,15,16,17). The number of amides is 1. The molecular formula is C13H13ClN2OS. The summed E-state index contributed by atoms with van der Waals surface area (Å²) in [5.41, 5.74) is 0.672. The van der Waals surface area contributed by atoms with Gasteiger partial charge in [0.25, 0.3) is 5.91 Å². The molecule has 0 aliphatic carbocycles. The second-order valence-corrected chi connectivity index (χ2v) is 5.30. The van der Waals surface area contributed by atoms with Crippen LogP contribution in [0.3, 0.4) is 0 Å². The normalized spacial score (nSPS) is 10.3. The maximum absolute atomic E-state index is 12.0. The third-order valence-electron chi connectivity index (χ3n) is 2.38. The predicted octanol–water partition coefficient (Wildman–Crippen LogP) is 4.00. The molecule has 2 heterocycles. The van der Waals surface area contributed by atoms with Gasteiger partial charge in [0.15, 0.2) is 0 Å². The second kappa shape index (κ2) is 5.98. The lowest BCUT2D eigenvalue weighted by Gasteiger charge is -2.02. The minimum atomic E-state index is -0.150.